The van der Waals surface area contributed by atoms with Crippen LogP contribution in [0, 0.1) is 23.2 Å². The van der Waals surface area contributed by atoms with Gasteiger partial charge < -0.3 is 5.73 Å². The number of rotatable bonds is 4. The largest absolute Gasteiger partial charge is 0.416 e. The van der Waals surface area contributed by atoms with Crippen molar-refractivity contribution in [3.63, 3.8) is 0 Å². The lowest BCUT2D eigenvalue weighted by molar-refractivity contribution is -0.141. The highest BCUT2D eigenvalue weighted by atomic mass is 35.5. The van der Waals surface area contributed by atoms with Crippen molar-refractivity contribution in [3.8, 4) is 0 Å². The molecule has 140 valence electrons. The van der Waals surface area contributed by atoms with Crippen molar-refractivity contribution in [1.82, 2.24) is 0 Å². The number of benzene rings is 1. The summed E-state index contributed by atoms with van der Waals surface area (Å²) in [4.78, 5) is 0. The minimum absolute atomic E-state index is 0. The lowest BCUT2D eigenvalue weighted by atomic mass is 9.43. The summed E-state index contributed by atoms with van der Waals surface area (Å²) in [6, 6.07) is 6.33. The minimum Gasteiger partial charge on any atom is -0.330 e. The first kappa shape index (κ1) is 19.0. The Kier molecular flexibility index (Phi) is 5.15. The fourth-order valence-corrected chi connectivity index (χ4v) is 6.63. The van der Waals surface area contributed by atoms with Crippen LogP contribution in [0.4, 0.5) is 13.2 Å². The van der Waals surface area contributed by atoms with Gasteiger partial charge in [-0.1, -0.05) is 18.2 Å². The summed E-state index contributed by atoms with van der Waals surface area (Å²) in [7, 11) is 0. The Morgan fingerprint density at radius 2 is 1.68 bits per heavy atom. The molecular formula is C20H27ClF3N. The van der Waals surface area contributed by atoms with Crippen LogP contribution in [-0.4, -0.2) is 6.54 Å². The van der Waals surface area contributed by atoms with Crippen LogP contribution in [0.15, 0.2) is 24.3 Å². The topological polar surface area (TPSA) is 26.0 Å². The SMILES string of the molecule is Cl.NCCCC12CC3CC(CC(C3)C1c1ccccc1C(F)(F)F)C2. The van der Waals surface area contributed by atoms with E-state index in [1.54, 1.807) is 12.1 Å². The van der Waals surface area contributed by atoms with Crippen molar-refractivity contribution < 1.29 is 13.2 Å². The lowest BCUT2D eigenvalue weighted by Crippen LogP contribution is -2.51. The van der Waals surface area contributed by atoms with Crippen LogP contribution in [0.3, 0.4) is 0 Å². The average Bonchev–Trinajstić information content (AvgIpc) is 2.51. The Hall–Kier alpha value is -0.740. The first-order chi connectivity index (χ1) is 11.4. The molecule has 0 aromatic heterocycles. The molecule has 2 N–H and O–H groups in total. The highest BCUT2D eigenvalue weighted by Gasteiger charge is 2.57. The van der Waals surface area contributed by atoms with E-state index < -0.39 is 11.7 Å². The maximum atomic E-state index is 13.6. The minimum atomic E-state index is -4.26. The van der Waals surface area contributed by atoms with Gasteiger partial charge in [0.05, 0.1) is 5.56 Å². The predicted molar refractivity (Wildman–Crippen MR) is 95.7 cm³/mol. The van der Waals surface area contributed by atoms with Gasteiger partial charge in [0.2, 0.25) is 0 Å². The van der Waals surface area contributed by atoms with Crippen LogP contribution < -0.4 is 5.73 Å². The molecular weight excluding hydrogens is 347 g/mol. The van der Waals surface area contributed by atoms with Crippen LogP contribution in [0.25, 0.3) is 0 Å². The fourth-order valence-electron chi connectivity index (χ4n) is 6.63. The maximum Gasteiger partial charge on any atom is 0.416 e. The molecule has 3 atom stereocenters. The molecule has 0 radical (unpaired) electrons. The van der Waals surface area contributed by atoms with Gasteiger partial charge in [0.15, 0.2) is 0 Å². The molecule has 4 bridgehead atoms. The van der Waals surface area contributed by atoms with Gasteiger partial charge in [-0.15, -0.1) is 12.4 Å². The quantitative estimate of drug-likeness (QED) is 0.711. The van der Waals surface area contributed by atoms with Crippen LogP contribution in [0.1, 0.15) is 62.0 Å². The van der Waals surface area contributed by atoms with E-state index in [1.165, 1.54) is 18.6 Å². The lowest BCUT2D eigenvalue weighted by Gasteiger charge is -2.62. The summed E-state index contributed by atoms with van der Waals surface area (Å²) in [6.07, 6.45) is 3.42. The first-order valence-electron chi connectivity index (χ1n) is 9.29. The molecule has 5 rings (SSSR count). The molecule has 5 heteroatoms. The molecule has 25 heavy (non-hydrogen) atoms. The maximum absolute atomic E-state index is 13.6. The van der Waals surface area contributed by atoms with E-state index in [4.69, 9.17) is 5.73 Å². The summed E-state index contributed by atoms with van der Waals surface area (Å²) >= 11 is 0. The first-order valence-corrected chi connectivity index (χ1v) is 9.29. The number of nitrogens with two attached hydrogens (primary N) is 1. The van der Waals surface area contributed by atoms with Gasteiger partial charge in [-0.3, -0.25) is 0 Å². The normalized spacial score (nSPS) is 36.3. The molecule has 4 aliphatic carbocycles. The van der Waals surface area contributed by atoms with E-state index in [0.717, 1.165) is 50.4 Å². The Morgan fingerprint density at radius 3 is 2.28 bits per heavy atom. The number of alkyl halides is 3. The molecule has 0 heterocycles. The highest BCUT2D eigenvalue weighted by Crippen LogP contribution is 2.68. The van der Waals surface area contributed by atoms with Gasteiger partial charge in [0.1, 0.15) is 0 Å². The van der Waals surface area contributed by atoms with E-state index in [1.807, 2.05) is 0 Å². The van der Waals surface area contributed by atoms with Gasteiger partial charge in [-0.05, 0) is 92.2 Å². The van der Waals surface area contributed by atoms with Crippen molar-refractivity contribution in [2.45, 2.75) is 57.0 Å². The number of hydrogen-bond donors (Lipinski definition) is 1. The van der Waals surface area contributed by atoms with Crippen LogP contribution in [0.5, 0.6) is 0 Å². The number of halogens is 4. The van der Waals surface area contributed by atoms with E-state index >= 15 is 0 Å². The van der Waals surface area contributed by atoms with Gasteiger partial charge in [0, 0.05) is 0 Å². The average molecular weight is 374 g/mol. The van der Waals surface area contributed by atoms with Crippen molar-refractivity contribution in [3.05, 3.63) is 35.4 Å². The summed E-state index contributed by atoms with van der Waals surface area (Å²) in [5.74, 6) is 1.95. The van der Waals surface area contributed by atoms with Crippen LogP contribution >= 0.6 is 12.4 Å². The third-order valence-electron chi connectivity index (χ3n) is 6.94. The summed E-state index contributed by atoms with van der Waals surface area (Å²) in [5, 5.41) is 0. The van der Waals surface area contributed by atoms with E-state index in [2.05, 4.69) is 0 Å². The third kappa shape index (κ3) is 3.21. The molecule has 4 saturated carbocycles. The van der Waals surface area contributed by atoms with Crippen molar-refractivity contribution >= 4 is 12.4 Å². The smallest absolute Gasteiger partial charge is 0.330 e. The van der Waals surface area contributed by atoms with Crippen molar-refractivity contribution in [2.24, 2.45) is 28.9 Å². The van der Waals surface area contributed by atoms with E-state index in [0.29, 0.717) is 18.0 Å². The van der Waals surface area contributed by atoms with E-state index in [-0.39, 0.29) is 23.7 Å². The van der Waals surface area contributed by atoms with Crippen LogP contribution in [-0.2, 0) is 6.18 Å². The molecule has 0 amide bonds. The molecule has 0 aliphatic heterocycles. The summed E-state index contributed by atoms with van der Waals surface area (Å²) in [6.45, 7) is 0.634. The molecule has 0 spiro atoms. The molecule has 0 saturated heterocycles. The van der Waals surface area contributed by atoms with Crippen molar-refractivity contribution in [1.29, 1.82) is 0 Å². The molecule has 4 aliphatic rings. The Balaban J connectivity index is 0.00000182. The van der Waals surface area contributed by atoms with Gasteiger partial charge in [0.25, 0.3) is 0 Å². The zero-order valence-electron chi connectivity index (χ0n) is 14.4. The monoisotopic (exact) mass is 373 g/mol. The van der Waals surface area contributed by atoms with Gasteiger partial charge in [-0.25, -0.2) is 0 Å². The van der Waals surface area contributed by atoms with Crippen molar-refractivity contribution in [2.75, 3.05) is 6.54 Å². The molecule has 1 nitrogen and oxygen atoms in total. The molecule has 1 aromatic carbocycles. The summed E-state index contributed by atoms with van der Waals surface area (Å²) < 4.78 is 40.9. The Morgan fingerprint density at radius 1 is 1.04 bits per heavy atom. The Bertz CT molecular complexity index is 601. The fraction of sp³-hybridized carbons (Fsp3) is 0.700. The summed E-state index contributed by atoms with van der Waals surface area (Å²) in [5.41, 5.74) is 5.97. The van der Waals surface area contributed by atoms with Gasteiger partial charge in [-0.2, -0.15) is 13.2 Å². The molecule has 3 unspecified atom stereocenters. The third-order valence-corrected chi connectivity index (χ3v) is 6.94. The second-order valence-corrected chi connectivity index (χ2v) is 8.42. The number of hydrogen-bond acceptors (Lipinski definition) is 1. The standard InChI is InChI=1S/C20H26F3N.ClH/c21-20(22,23)17-5-2-1-4-16(17)18-15-9-13-8-14(10-15)12-19(18,11-13)6-3-7-24;/h1-2,4-5,13-15,18H,3,6-12,24H2;1H. The second-order valence-electron chi connectivity index (χ2n) is 8.42. The van der Waals surface area contributed by atoms with Crippen LogP contribution in [0.2, 0.25) is 0 Å². The zero-order valence-corrected chi connectivity index (χ0v) is 15.2. The molecule has 1 aromatic rings. The van der Waals surface area contributed by atoms with Gasteiger partial charge >= 0.3 is 6.18 Å². The Labute approximate surface area is 154 Å². The predicted octanol–water partition coefficient (Wildman–Crippen LogP) is 5.78. The highest BCUT2D eigenvalue weighted by molar-refractivity contribution is 5.85. The zero-order chi connectivity index (χ0) is 16.9. The second kappa shape index (κ2) is 6.77. The van der Waals surface area contributed by atoms with E-state index in [9.17, 15) is 13.2 Å². The molecule has 4 fully saturated rings.